The minimum Gasteiger partial charge on any atom is -0.331 e. The summed E-state index contributed by atoms with van der Waals surface area (Å²) in [6.07, 6.45) is 2.98. The Bertz CT molecular complexity index is 725. The summed E-state index contributed by atoms with van der Waals surface area (Å²) in [5, 5.41) is 3.24. The second-order valence-electron chi connectivity index (χ2n) is 6.29. The van der Waals surface area contributed by atoms with Gasteiger partial charge in [-0.1, -0.05) is 42.5 Å². The average Bonchev–Trinajstić information content (AvgIpc) is 3.07. The number of anilines is 1. The molecule has 0 aromatic heterocycles. The van der Waals surface area contributed by atoms with Gasteiger partial charge >= 0.3 is 6.03 Å². The monoisotopic (exact) mass is 292 g/mol. The van der Waals surface area contributed by atoms with Crippen LogP contribution in [0.15, 0.2) is 48.5 Å². The van der Waals surface area contributed by atoms with Crippen LogP contribution in [0.5, 0.6) is 0 Å². The number of carbonyl (C=O) groups is 1. The van der Waals surface area contributed by atoms with Crippen LogP contribution in [0.3, 0.4) is 0 Å². The molecule has 0 saturated carbocycles. The first-order chi connectivity index (χ1) is 10.7. The number of nitrogens with one attached hydrogen (secondary N) is 1. The quantitative estimate of drug-likeness (QED) is 0.851. The van der Waals surface area contributed by atoms with Crippen molar-refractivity contribution in [3.05, 3.63) is 65.2 Å². The lowest BCUT2D eigenvalue weighted by atomic mass is 10.1. The summed E-state index contributed by atoms with van der Waals surface area (Å²) < 4.78 is 0. The van der Waals surface area contributed by atoms with Crippen molar-refractivity contribution in [3.8, 4) is 0 Å². The SMILES string of the molecule is CC1Cc2ccccc2N1C(=O)NC1CCc2ccccc21. The molecule has 0 spiro atoms. The van der Waals surface area contributed by atoms with Crippen LogP contribution >= 0.6 is 0 Å². The van der Waals surface area contributed by atoms with Gasteiger partial charge in [0, 0.05) is 11.7 Å². The van der Waals surface area contributed by atoms with E-state index in [2.05, 4.69) is 42.6 Å². The van der Waals surface area contributed by atoms with Crippen LogP contribution in [0.2, 0.25) is 0 Å². The van der Waals surface area contributed by atoms with Crippen LogP contribution < -0.4 is 10.2 Å². The van der Waals surface area contributed by atoms with Crippen LogP contribution in [-0.2, 0) is 12.8 Å². The second-order valence-corrected chi connectivity index (χ2v) is 6.29. The van der Waals surface area contributed by atoms with Crippen LogP contribution in [0.1, 0.15) is 36.1 Å². The number of fused-ring (bicyclic) bond motifs is 2. The lowest BCUT2D eigenvalue weighted by Gasteiger charge is -2.25. The van der Waals surface area contributed by atoms with E-state index < -0.39 is 0 Å². The summed E-state index contributed by atoms with van der Waals surface area (Å²) in [6, 6.07) is 17.0. The van der Waals surface area contributed by atoms with Crippen LogP contribution in [0.4, 0.5) is 10.5 Å². The molecule has 3 nitrogen and oxygen atoms in total. The molecule has 1 aliphatic heterocycles. The molecule has 112 valence electrons. The smallest absolute Gasteiger partial charge is 0.322 e. The summed E-state index contributed by atoms with van der Waals surface area (Å²) >= 11 is 0. The Morgan fingerprint density at radius 3 is 2.68 bits per heavy atom. The van der Waals surface area contributed by atoms with E-state index in [1.807, 2.05) is 23.1 Å². The van der Waals surface area contributed by atoms with Gasteiger partial charge in [0.15, 0.2) is 0 Å². The minimum absolute atomic E-state index is 0.0270. The highest BCUT2D eigenvalue weighted by atomic mass is 16.2. The molecule has 2 aromatic rings. The zero-order chi connectivity index (χ0) is 15.1. The third-order valence-corrected chi connectivity index (χ3v) is 4.86. The normalized spacial score (nSPS) is 22.3. The molecule has 0 bridgehead atoms. The van der Waals surface area contributed by atoms with Gasteiger partial charge in [0.25, 0.3) is 0 Å². The molecule has 4 rings (SSSR count). The van der Waals surface area contributed by atoms with Crippen molar-refractivity contribution in [1.29, 1.82) is 0 Å². The number of aryl methyl sites for hydroxylation is 1. The number of amides is 2. The molecule has 22 heavy (non-hydrogen) atoms. The van der Waals surface area contributed by atoms with E-state index in [-0.39, 0.29) is 18.1 Å². The molecule has 2 unspecified atom stereocenters. The van der Waals surface area contributed by atoms with E-state index in [9.17, 15) is 4.79 Å². The number of rotatable bonds is 1. The maximum Gasteiger partial charge on any atom is 0.322 e. The number of nitrogens with zero attached hydrogens (tertiary/aromatic N) is 1. The maximum absolute atomic E-state index is 12.8. The average molecular weight is 292 g/mol. The maximum atomic E-state index is 12.8. The standard InChI is InChI=1S/C19H20N2O/c1-13-12-15-7-3-5-9-18(15)21(13)19(22)20-17-11-10-14-6-2-4-8-16(14)17/h2-9,13,17H,10-12H2,1H3,(H,20,22). The number of benzene rings is 2. The van der Waals surface area contributed by atoms with Crippen LogP contribution in [0, 0.1) is 0 Å². The van der Waals surface area contributed by atoms with Crippen molar-refractivity contribution in [1.82, 2.24) is 5.32 Å². The highest BCUT2D eigenvalue weighted by Crippen LogP contribution is 2.34. The number of urea groups is 1. The van der Waals surface area contributed by atoms with Gasteiger partial charge in [-0.3, -0.25) is 4.90 Å². The zero-order valence-electron chi connectivity index (χ0n) is 12.8. The molecule has 0 fully saturated rings. The van der Waals surface area contributed by atoms with Crippen molar-refractivity contribution >= 4 is 11.7 Å². The van der Waals surface area contributed by atoms with Gasteiger partial charge in [-0.2, -0.15) is 0 Å². The fraction of sp³-hybridized carbons (Fsp3) is 0.316. The first-order valence-electron chi connectivity index (χ1n) is 7.99. The summed E-state index contributed by atoms with van der Waals surface area (Å²) in [5.41, 5.74) is 4.95. The predicted molar refractivity (Wildman–Crippen MR) is 88.1 cm³/mol. The zero-order valence-corrected chi connectivity index (χ0v) is 12.8. The van der Waals surface area contributed by atoms with Gasteiger partial charge in [0.2, 0.25) is 0 Å². The van der Waals surface area contributed by atoms with Gasteiger partial charge in [-0.05, 0) is 48.9 Å². The van der Waals surface area contributed by atoms with Gasteiger partial charge in [-0.15, -0.1) is 0 Å². The van der Waals surface area contributed by atoms with Crippen molar-refractivity contribution < 1.29 is 4.79 Å². The molecule has 2 amide bonds. The van der Waals surface area contributed by atoms with Crippen LogP contribution in [-0.4, -0.2) is 12.1 Å². The summed E-state index contributed by atoms with van der Waals surface area (Å²) in [4.78, 5) is 14.7. The second kappa shape index (κ2) is 5.16. The van der Waals surface area contributed by atoms with Crippen molar-refractivity contribution in [2.24, 2.45) is 0 Å². The fourth-order valence-corrected chi connectivity index (χ4v) is 3.80. The summed E-state index contributed by atoms with van der Waals surface area (Å²) in [6.45, 7) is 2.11. The lowest BCUT2D eigenvalue weighted by molar-refractivity contribution is 0.241. The van der Waals surface area contributed by atoms with E-state index in [0.29, 0.717) is 0 Å². The van der Waals surface area contributed by atoms with E-state index in [1.165, 1.54) is 16.7 Å². The Morgan fingerprint density at radius 2 is 1.82 bits per heavy atom. The summed E-state index contributed by atoms with van der Waals surface area (Å²) in [5.74, 6) is 0. The van der Waals surface area contributed by atoms with Gasteiger partial charge in [0.1, 0.15) is 0 Å². The molecule has 0 saturated heterocycles. The van der Waals surface area contributed by atoms with Crippen molar-refractivity contribution in [2.75, 3.05) is 4.90 Å². The van der Waals surface area contributed by atoms with E-state index in [4.69, 9.17) is 0 Å². The molecule has 1 aliphatic carbocycles. The van der Waals surface area contributed by atoms with Gasteiger partial charge in [0.05, 0.1) is 6.04 Å². The topological polar surface area (TPSA) is 32.3 Å². The molecule has 0 radical (unpaired) electrons. The lowest BCUT2D eigenvalue weighted by Crippen LogP contribution is -2.44. The minimum atomic E-state index is 0.0270. The van der Waals surface area contributed by atoms with E-state index in [0.717, 1.165) is 24.9 Å². The van der Waals surface area contributed by atoms with Crippen molar-refractivity contribution in [3.63, 3.8) is 0 Å². The number of para-hydroxylation sites is 1. The number of hydrogen-bond donors (Lipinski definition) is 1. The Morgan fingerprint density at radius 1 is 1.09 bits per heavy atom. The molecule has 2 aromatic carbocycles. The van der Waals surface area contributed by atoms with E-state index in [1.54, 1.807) is 0 Å². The Kier molecular flexibility index (Phi) is 3.14. The Balaban J connectivity index is 1.57. The third kappa shape index (κ3) is 2.08. The fourth-order valence-electron chi connectivity index (χ4n) is 3.80. The Hall–Kier alpha value is -2.29. The molecule has 1 heterocycles. The largest absolute Gasteiger partial charge is 0.331 e. The molecular formula is C19H20N2O. The predicted octanol–water partition coefficient (Wildman–Crippen LogP) is 3.83. The molecule has 2 atom stereocenters. The van der Waals surface area contributed by atoms with Gasteiger partial charge in [-0.25, -0.2) is 4.79 Å². The molecule has 1 N–H and O–H groups in total. The molecular weight excluding hydrogens is 272 g/mol. The van der Waals surface area contributed by atoms with Crippen LogP contribution in [0.25, 0.3) is 0 Å². The highest BCUT2D eigenvalue weighted by Gasteiger charge is 2.33. The molecule has 3 heteroatoms. The first kappa shape index (κ1) is 13.4. The molecule has 2 aliphatic rings. The van der Waals surface area contributed by atoms with Gasteiger partial charge < -0.3 is 5.32 Å². The Labute approximate surface area is 131 Å². The first-order valence-corrected chi connectivity index (χ1v) is 7.99. The van der Waals surface area contributed by atoms with Crippen molar-refractivity contribution in [2.45, 2.75) is 38.3 Å². The highest BCUT2D eigenvalue weighted by molar-refractivity contribution is 5.95. The summed E-state index contributed by atoms with van der Waals surface area (Å²) in [7, 11) is 0. The number of carbonyl (C=O) groups excluding carboxylic acids is 1. The third-order valence-electron chi connectivity index (χ3n) is 4.86. The van der Waals surface area contributed by atoms with E-state index >= 15 is 0 Å². The number of hydrogen-bond acceptors (Lipinski definition) is 1.